The van der Waals surface area contributed by atoms with E-state index in [1.807, 2.05) is 0 Å². The lowest BCUT2D eigenvalue weighted by atomic mass is 10.2. The molecule has 0 atom stereocenters. The van der Waals surface area contributed by atoms with Crippen molar-refractivity contribution in [3.05, 3.63) is 45.5 Å². The number of hydrogen-bond acceptors (Lipinski definition) is 5. The molecule has 0 saturated carbocycles. The third-order valence-electron chi connectivity index (χ3n) is 2.55. The minimum absolute atomic E-state index is 0.0624. The fourth-order valence-corrected chi connectivity index (χ4v) is 2.23. The van der Waals surface area contributed by atoms with Gasteiger partial charge in [-0.2, -0.15) is 0 Å². The number of hydrogen-bond donors (Lipinski definition) is 3. The topological polar surface area (TPSA) is 101 Å². The lowest BCUT2D eigenvalue weighted by Crippen LogP contribution is -2.19. The Morgan fingerprint density at radius 3 is 2.21 bits per heavy atom. The van der Waals surface area contributed by atoms with Crippen LogP contribution in [0.3, 0.4) is 0 Å². The second kappa shape index (κ2) is 6.86. The van der Waals surface area contributed by atoms with Crippen LogP contribution in [0.2, 0.25) is 0 Å². The predicted octanol–water partition coefficient (Wildman–Crippen LogP) is 1.78. The fraction of sp³-hybridized carbons (Fsp3) is 0.0833. The van der Waals surface area contributed by atoms with Gasteiger partial charge in [-0.1, -0.05) is 11.8 Å². The predicted molar refractivity (Wildman–Crippen MR) is 74.9 cm³/mol. The zero-order chi connectivity index (χ0) is 18.0. The van der Waals surface area contributed by atoms with Crippen LogP contribution in [0.25, 0.3) is 0 Å². The van der Waals surface area contributed by atoms with Crippen LogP contribution >= 0.6 is 11.8 Å². The number of aromatic nitrogens is 2. The minimum atomic E-state index is -2.33. The SMILES string of the molecule is Nc1cc(=O)[nH]c(SCC(=O)Nc2c(F)c(F)c(F)c(F)c2F)n1. The van der Waals surface area contributed by atoms with Crippen molar-refractivity contribution in [2.75, 3.05) is 16.8 Å². The van der Waals surface area contributed by atoms with Crippen molar-refractivity contribution < 1.29 is 26.7 Å². The van der Waals surface area contributed by atoms with Crippen LogP contribution in [0.4, 0.5) is 33.5 Å². The highest BCUT2D eigenvalue weighted by atomic mass is 32.2. The van der Waals surface area contributed by atoms with Gasteiger partial charge in [0.1, 0.15) is 11.5 Å². The highest BCUT2D eigenvalue weighted by molar-refractivity contribution is 7.99. The fourth-order valence-electron chi connectivity index (χ4n) is 1.55. The smallest absolute Gasteiger partial charge is 0.253 e. The van der Waals surface area contributed by atoms with E-state index >= 15 is 0 Å². The molecule has 1 heterocycles. The molecular formula is C12H7F5N4O2S. The van der Waals surface area contributed by atoms with Gasteiger partial charge in [0.2, 0.25) is 11.7 Å². The Hall–Kier alpha value is -2.63. The summed E-state index contributed by atoms with van der Waals surface area (Å²) in [7, 11) is 0. The Morgan fingerprint density at radius 2 is 1.67 bits per heavy atom. The average molecular weight is 366 g/mol. The van der Waals surface area contributed by atoms with E-state index in [2.05, 4.69) is 9.97 Å². The van der Waals surface area contributed by atoms with Gasteiger partial charge in [-0.3, -0.25) is 9.59 Å². The van der Waals surface area contributed by atoms with Crippen molar-refractivity contribution in [2.24, 2.45) is 0 Å². The summed E-state index contributed by atoms with van der Waals surface area (Å²) >= 11 is 0.634. The third kappa shape index (κ3) is 3.64. The summed E-state index contributed by atoms with van der Waals surface area (Å²) in [6.45, 7) is 0. The third-order valence-corrected chi connectivity index (χ3v) is 3.43. The van der Waals surface area contributed by atoms with Crippen LogP contribution in [0.1, 0.15) is 0 Å². The Balaban J connectivity index is 2.14. The van der Waals surface area contributed by atoms with Gasteiger partial charge in [0, 0.05) is 6.07 Å². The minimum Gasteiger partial charge on any atom is -0.383 e. The normalized spacial score (nSPS) is 10.7. The maximum atomic E-state index is 13.4. The molecule has 128 valence electrons. The van der Waals surface area contributed by atoms with Crippen LogP contribution < -0.4 is 16.6 Å². The number of nitrogens with zero attached hydrogens (tertiary/aromatic N) is 1. The molecule has 0 aliphatic heterocycles. The first-order valence-corrected chi connectivity index (χ1v) is 7.00. The number of anilines is 2. The lowest BCUT2D eigenvalue weighted by Gasteiger charge is -2.09. The monoisotopic (exact) mass is 366 g/mol. The summed E-state index contributed by atoms with van der Waals surface area (Å²) in [6, 6.07) is 0.985. The van der Waals surface area contributed by atoms with Gasteiger partial charge >= 0.3 is 0 Å². The number of aromatic amines is 1. The number of carbonyl (C=O) groups is 1. The van der Waals surface area contributed by atoms with Crippen LogP contribution in [0, 0.1) is 29.1 Å². The molecule has 0 fully saturated rings. The van der Waals surface area contributed by atoms with Crippen molar-refractivity contribution in [3.63, 3.8) is 0 Å². The molecular weight excluding hydrogens is 359 g/mol. The zero-order valence-corrected chi connectivity index (χ0v) is 12.2. The summed E-state index contributed by atoms with van der Waals surface area (Å²) < 4.78 is 65.7. The number of thioether (sulfide) groups is 1. The van der Waals surface area contributed by atoms with E-state index in [4.69, 9.17) is 5.73 Å². The highest BCUT2D eigenvalue weighted by Crippen LogP contribution is 2.27. The van der Waals surface area contributed by atoms with E-state index in [1.165, 1.54) is 0 Å². The van der Waals surface area contributed by atoms with E-state index < -0.39 is 52.0 Å². The number of amides is 1. The van der Waals surface area contributed by atoms with Gasteiger partial charge < -0.3 is 16.0 Å². The van der Waals surface area contributed by atoms with Gasteiger partial charge in [0.25, 0.3) is 5.56 Å². The average Bonchev–Trinajstić information content (AvgIpc) is 2.52. The number of rotatable bonds is 4. The van der Waals surface area contributed by atoms with Crippen LogP contribution in [0.5, 0.6) is 0 Å². The molecule has 0 aliphatic rings. The first-order chi connectivity index (χ1) is 11.2. The van der Waals surface area contributed by atoms with Crippen molar-refractivity contribution in [3.8, 4) is 0 Å². The van der Waals surface area contributed by atoms with Gasteiger partial charge in [-0.05, 0) is 0 Å². The Kier molecular flexibility index (Phi) is 5.07. The van der Waals surface area contributed by atoms with Gasteiger partial charge in [0.15, 0.2) is 28.4 Å². The van der Waals surface area contributed by atoms with Gasteiger partial charge in [0.05, 0.1) is 5.75 Å². The Morgan fingerprint density at radius 1 is 1.12 bits per heavy atom. The summed E-state index contributed by atoms with van der Waals surface area (Å²) in [5.41, 5.74) is 3.25. The molecule has 1 amide bonds. The van der Waals surface area contributed by atoms with Crippen molar-refractivity contribution in [2.45, 2.75) is 5.16 Å². The second-order valence-corrected chi connectivity index (χ2v) is 5.22. The molecule has 0 unspecified atom stereocenters. The maximum absolute atomic E-state index is 13.4. The summed E-state index contributed by atoms with van der Waals surface area (Å²) in [6.07, 6.45) is 0. The largest absolute Gasteiger partial charge is 0.383 e. The Labute approximate surface area is 134 Å². The molecule has 0 aliphatic carbocycles. The maximum Gasteiger partial charge on any atom is 0.253 e. The van der Waals surface area contributed by atoms with Crippen molar-refractivity contribution in [1.82, 2.24) is 9.97 Å². The standard InChI is InChI=1S/C12H7F5N4O2S/c13-6-7(14)9(16)11(10(17)8(6)15)20-5(23)2-24-12-19-3(18)1-4(22)21-12/h1H,2H2,(H,20,23)(H3,18,19,21,22). The second-order valence-electron chi connectivity index (χ2n) is 4.26. The molecule has 2 aromatic rings. The quantitative estimate of drug-likeness (QED) is 0.252. The van der Waals surface area contributed by atoms with Crippen LogP contribution in [-0.4, -0.2) is 21.6 Å². The first-order valence-electron chi connectivity index (χ1n) is 6.01. The molecule has 1 aromatic carbocycles. The molecule has 6 nitrogen and oxygen atoms in total. The number of carbonyl (C=O) groups excluding carboxylic acids is 1. The molecule has 0 radical (unpaired) electrons. The number of nitrogens with two attached hydrogens (primary N) is 1. The molecule has 12 heteroatoms. The number of halogens is 5. The number of nitrogen functional groups attached to an aromatic ring is 1. The molecule has 0 bridgehead atoms. The summed E-state index contributed by atoms with van der Waals surface area (Å²) in [4.78, 5) is 28.7. The summed E-state index contributed by atoms with van der Waals surface area (Å²) in [5.74, 6) is -12.8. The van der Waals surface area contributed by atoms with E-state index in [-0.39, 0.29) is 11.0 Å². The van der Waals surface area contributed by atoms with E-state index in [0.717, 1.165) is 6.07 Å². The molecule has 24 heavy (non-hydrogen) atoms. The molecule has 2 rings (SSSR count). The van der Waals surface area contributed by atoms with Gasteiger partial charge in [-0.15, -0.1) is 0 Å². The van der Waals surface area contributed by atoms with Gasteiger partial charge in [-0.25, -0.2) is 26.9 Å². The van der Waals surface area contributed by atoms with E-state index in [0.29, 0.717) is 11.8 Å². The molecule has 1 aromatic heterocycles. The molecule has 0 spiro atoms. The molecule has 4 N–H and O–H groups in total. The van der Waals surface area contributed by atoms with E-state index in [1.54, 1.807) is 5.32 Å². The summed E-state index contributed by atoms with van der Waals surface area (Å²) in [5, 5.41) is 1.52. The molecule has 0 saturated heterocycles. The van der Waals surface area contributed by atoms with Crippen LogP contribution in [-0.2, 0) is 4.79 Å². The highest BCUT2D eigenvalue weighted by Gasteiger charge is 2.26. The number of nitrogens with one attached hydrogen (secondary N) is 2. The van der Waals surface area contributed by atoms with Crippen LogP contribution in [0.15, 0.2) is 16.0 Å². The Bertz CT molecular complexity index is 844. The van der Waals surface area contributed by atoms with E-state index in [9.17, 15) is 31.5 Å². The first kappa shape index (κ1) is 17.7. The van der Waals surface area contributed by atoms with Crippen molar-refractivity contribution >= 4 is 29.2 Å². The van der Waals surface area contributed by atoms with Crippen molar-refractivity contribution in [1.29, 1.82) is 0 Å². The number of benzene rings is 1. The lowest BCUT2D eigenvalue weighted by molar-refractivity contribution is -0.113. The zero-order valence-electron chi connectivity index (χ0n) is 11.4. The number of H-pyrrole nitrogens is 1.